The highest BCUT2D eigenvalue weighted by atomic mass is 32.1. The molecular formula is C21H28N4O4S. The summed E-state index contributed by atoms with van der Waals surface area (Å²) in [5.41, 5.74) is 1.12. The molecule has 0 aliphatic carbocycles. The standard InChI is InChI=1S/C21H28N4O4S/c1-15(2)12-25(20(28)16-7-5-4-6-8-16)13-19(27)24-21-23-17(14-30-21)11-18(26)22-9-10-29-3/h4-8,14-15H,9-13H2,1-3H3,(H,22,26)(H,23,24,27). The van der Waals surface area contributed by atoms with Gasteiger partial charge >= 0.3 is 0 Å². The van der Waals surface area contributed by atoms with Crippen LogP contribution in [-0.4, -0.2) is 61.0 Å². The minimum Gasteiger partial charge on any atom is -0.383 e. The number of nitrogens with one attached hydrogen (secondary N) is 2. The van der Waals surface area contributed by atoms with Gasteiger partial charge in [-0.25, -0.2) is 4.98 Å². The molecule has 162 valence electrons. The van der Waals surface area contributed by atoms with Crippen molar-refractivity contribution in [2.75, 3.05) is 38.7 Å². The molecule has 30 heavy (non-hydrogen) atoms. The number of amides is 3. The number of anilines is 1. The third-order valence-electron chi connectivity index (χ3n) is 4.00. The van der Waals surface area contributed by atoms with Crippen LogP contribution in [0.25, 0.3) is 0 Å². The van der Waals surface area contributed by atoms with E-state index in [1.54, 1.807) is 36.8 Å². The Hall–Kier alpha value is -2.78. The fraction of sp³-hybridized carbons (Fsp3) is 0.429. The van der Waals surface area contributed by atoms with Gasteiger partial charge in [0.25, 0.3) is 5.91 Å². The molecule has 0 unspecified atom stereocenters. The number of ether oxygens (including phenoxy) is 1. The maximum atomic E-state index is 12.8. The van der Waals surface area contributed by atoms with Gasteiger partial charge in [-0.1, -0.05) is 32.0 Å². The van der Waals surface area contributed by atoms with Crippen LogP contribution in [-0.2, 0) is 20.7 Å². The minimum atomic E-state index is -0.328. The first-order chi connectivity index (χ1) is 14.4. The molecule has 2 aromatic rings. The molecule has 0 aliphatic rings. The second kappa shape index (κ2) is 12.0. The number of methoxy groups -OCH3 is 1. The van der Waals surface area contributed by atoms with Gasteiger partial charge in [-0.3, -0.25) is 14.4 Å². The second-order valence-corrected chi connectivity index (χ2v) is 8.02. The summed E-state index contributed by atoms with van der Waals surface area (Å²) in [6, 6.07) is 8.90. The zero-order valence-corrected chi connectivity index (χ0v) is 18.3. The fourth-order valence-corrected chi connectivity index (χ4v) is 3.45. The molecule has 0 bridgehead atoms. The van der Waals surface area contributed by atoms with E-state index in [0.29, 0.717) is 36.1 Å². The molecule has 0 atom stereocenters. The monoisotopic (exact) mass is 432 g/mol. The van der Waals surface area contributed by atoms with Crippen molar-refractivity contribution < 1.29 is 19.1 Å². The predicted molar refractivity (Wildman–Crippen MR) is 117 cm³/mol. The average molecular weight is 433 g/mol. The van der Waals surface area contributed by atoms with Gasteiger partial charge in [-0.05, 0) is 18.1 Å². The van der Waals surface area contributed by atoms with Crippen LogP contribution in [0.15, 0.2) is 35.7 Å². The third-order valence-corrected chi connectivity index (χ3v) is 4.80. The molecule has 0 aliphatic heterocycles. The Balaban J connectivity index is 1.93. The lowest BCUT2D eigenvalue weighted by atomic mass is 10.1. The van der Waals surface area contributed by atoms with Crippen LogP contribution in [0.5, 0.6) is 0 Å². The number of thiazole rings is 1. The molecule has 0 saturated heterocycles. The minimum absolute atomic E-state index is 0.0711. The zero-order valence-electron chi connectivity index (χ0n) is 17.5. The van der Waals surface area contributed by atoms with Crippen molar-refractivity contribution in [2.45, 2.75) is 20.3 Å². The van der Waals surface area contributed by atoms with Crippen molar-refractivity contribution in [3.63, 3.8) is 0 Å². The van der Waals surface area contributed by atoms with Crippen LogP contribution < -0.4 is 10.6 Å². The summed E-state index contributed by atoms with van der Waals surface area (Å²) in [5, 5.41) is 7.57. The number of carbonyl (C=O) groups excluding carboxylic acids is 3. The SMILES string of the molecule is COCCNC(=O)Cc1csc(NC(=O)CN(CC(C)C)C(=O)c2ccccc2)n1. The van der Waals surface area contributed by atoms with E-state index in [-0.39, 0.29) is 36.6 Å². The Morgan fingerprint density at radius 3 is 2.57 bits per heavy atom. The lowest BCUT2D eigenvalue weighted by Gasteiger charge is -2.24. The highest BCUT2D eigenvalue weighted by Crippen LogP contribution is 2.16. The molecule has 8 nitrogen and oxygen atoms in total. The van der Waals surface area contributed by atoms with E-state index >= 15 is 0 Å². The highest BCUT2D eigenvalue weighted by Gasteiger charge is 2.20. The first kappa shape index (κ1) is 23.5. The summed E-state index contributed by atoms with van der Waals surface area (Å²) in [4.78, 5) is 43.0. The summed E-state index contributed by atoms with van der Waals surface area (Å²) >= 11 is 1.24. The van der Waals surface area contributed by atoms with Crippen LogP contribution in [0.4, 0.5) is 5.13 Å². The maximum Gasteiger partial charge on any atom is 0.254 e. The number of benzene rings is 1. The second-order valence-electron chi connectivity index (χ2n) is 7.16. The Labute approximate surface area is 180 Å². The Morgan fingerprint density at radius 1 is 1.17 bits per heavy atom. The molecular weight excluding hydrogens is 404 g/mol. The van der Waals surface area contributed by atoms with Crippen molar-refractivity contribution in [3.05, 3.63) is 47.0 Å². The summed E-state index contributed by atoms with van der Waals surface area (Å²) in [6.07, 6.45) is 0.127. The van der Waals surface area contributed by atoms with Crippen molar-refractivity contribution in [1.29, 1.82) is 0 Å². The van der Waals surface area contributed by atoms with Gasteiger partial charge in [0.15, 0.2) is 5.13 Å². The van der Waals surface area contributed by atoms with Gasteiger partial charge in [0.2, 0.25) is 11.8 Å². The number of rotatable bonds is 11. The van der Waals surface area contributed by atoms with E-state index in [2.05, 4.69) is 15.6 Å². The van der Waals surface area contributed by atoms with Gasteiger partial charge in [0.1, 0.15) is 6.54 Å². The molecule has 1 heterocycles. The molecule has 2 N–H and O–H groups in total. The molecule has 3 amide bonds. The summed E-state index contributed by atoms with van der Waals surface area (Å²) in [5.74, 6) is -0.460. The number of carbonyl (C=O) groups is 3. The van der Waals surface area contributed by atoms with Gasteiger partial charge in [0, 0.05) is 31.1 Å². The molecule has 2 rings (SSSR count). The molecule has 0 fully saturated rings. The third kappa shape index (κ3) is 7.92. The van der Waals surface area contributed by atoms with E-state index in [4.69, 9.17) is 4.74 Å². The summed E-state index contributed by atoms with van der Waals surface area (Å²) < 4.78 is 4.89. The van der Waals surface area contributed by atoms with E-state index in [1.165, 1.54) is 16.2 Å². The van der Waals surface area contributed by atoms with E-state index in [1.807, 2.05) is 19.9 Å². The lowest BCUT2D eigenvalue weighted by Crippen LogP contribution is -2.40. The number of hydrogen-bond acceptors (Lipinski definition) is 6. The summed E-state index contributed by atoms with van der Waals surface area (Å²) in [6.45, 7) is 5.26. The van der Waals surface area contributed by atoms with Crippen LogP contribution in [0, 0.1) is 5.92 Å². The number of nitrogens with zero attached hydrogens (tertiary/aromatic N) is 2. The molecule has 1 aromatic heterocycles. The van der Waals surface area contributed by atoms with Crippen molar-refractivity contribution in [1.82, 2.24) is 15.2 Å². The van der Waals surface area contributed by atoms with E-state index in [9.17, 15) is 14.4 Å². The molecule has 0 radical (unpaired) electrons. The van der Waals surface area contributed by atoms with E-state index < -0.39 is 0 Å². The Kier molecular flexibility index (Phi) is 9.43. The number of aromatic nitrogens is 1. The van der Waals surface area contributed by atoms with Crippen LogP contribution in [0.2, 0.25) is 0 Å². The quantitative estimate of drug-likeness (QED) is 0.530. The van der Waals surface area contributed by atoms with Gasteiger partial charge in [-0.15, -0.1) is 11.3 Å². The highest BCUT2D eigenvalue weighted by molar-refractivity contribution is 7.13. The van der Waals surface area contributed by atoms with Crippen molar-refractivity contribution >= 4 is 34.2 Å². The molecule has 0 spiro atoms. The lowest BCUT2D eigenvalue weighted by molar-refractivity contribution is -0.120. The molecule has 9 heteroatoms. The first-order valence-electron chi connectivity index (χ1n) is 9.73. The zero-order chi connectivity index (χ0) is 21.9. The number of hydrogen-bond donors (Lipinski definition) is 2. The smallest absolute Gasteiger partial charge is 0.254 e. The topological polar surface area (TPSA) is 101 Å². The normalized spacial score (nSPS) is 10.7. The van der Waals surface area contributed by atoms with Crippen LogP contribution in [0.3, 0.4) is 0 Å². The molecule has 1 aromatic carbocycles. The van der Waals surface area contributed by atoms with Crippen molar-refractivity contribution in [3.8, 4) is 0 Å². The van der Waals surface area contributed by atoms with Gasteiger partial charge in [-0.2, -0.15) is 0 Å². The predicted octanol–water partition coefficient (Wildman–Crippen LogP) is 2.19. The summed E-state index contributed by atoms with van der Waals surface area (Å²) in [7, 11) is 1.57. The Morgan fingerprint density at radius 2 is 1.90 bits per heavy atom. The van der Waals surface area contributed by atoms with E-state index in [0.717, 1.165) is 0 Å². The fourth-order valence-electron chi connectivity index (χ4n) is 2.72. The van der Waals surface area contributed by atoms with Gasteiger partial charge in [0.05, 0.1) is 18.7 Å². The van der Waals surface area contributed by atoms with Crippen LogP contribution in [0.1, 0.15) is 29.9 Å². The first-order valence-corrected chi connectivity index (χ1v) is 10.6. The van der Waals surface area contributed by atoms with Crippen molar-refractivity contribution in [2.24, 2.45) is 5.92 Å². The molecule has 0 saturated carbocycles. The van der Waals surface area contributed by atoms with Gasteiger partial charge < -0.3 is 20.3 Å². The Bertz CT molecular complexity index is 839. The average Bonchev–Trinajstić information content (AvgIpc) is 3.13. The largest absolute Gasteiger partial charge is 0.383 e. The maximum absolute atomic E-state index is 12.8. The van der Waals surface area contributed by atoms with Crippen LogP contribution >= 0.6 is 11.3 Å².